The zero-order valence-corrected chi connectivity index (χ0v) is 11.8. The standard InChI is InChI=1S/C17H20O2/c1-13-9-14(2)15(3)17(10-13)19-12-18-11-16-7-5-4-6-8-16/h4-10H,11-12H2,1-3H3. The molecule has 19 heavy (non-hydrogen) atoms. The minimum Gasteiger partial charge on any atom is -0.467 e. The Kier molecular flexibility index (Phi) is 4.58. The van der Waals surface area contributed by atoms with Gasteiger partial charge in [-0.25, -0.2) is 0 Å². The zero-order valence-electron chi connectivity index (χ0n) is 11.8. The van der Waals surface area contributed by atoms with Crippen molar-refractivity contribution in [3.05, 3.63) is 64.7 Å². The molecular formula is C17H20O2. The molecule has 2 heteroatoms. The summed E-state index contributed by atoms with van der Waals surface area (Å²) >= 11 is 0. The van der Waals surface area contributed by atoms with E-state index in [9.17, 15) is 0 Å². The summed E-state index contributed by atoms with van der Waals surface area (Å²) in [5.74, 6) is 0.908. The van der Waals surface area contributed by atoms with Crippen molar-refractivity contribution in [3.63, 3.8) is 0 Å². The predicted molar refractivity (Wildman–Crippen MR) is 77.4 cm³/mol. The Morgan fingerprint density at radius 3 is 2.42 bits per heavy atom. The van der Waals surface area contributed by atoms with Gasteiger partial charge in [0.2, 0.25) is 0 Å². The maximum absolute atomic E-state index is 5.70. The molecule has 0 heterocycles. The minimum absolute atomic E-state index is 0.276. The second kappa shape index (κ2) is 6.39. The molecule has 0 amide bonds. The van der Waals surface area contributed by atoms with Crippen LogP contribution in [-0.4, -0.2) is 6.79 Å². The lowest BCUT2D eigenvalue weighted by Crippen LogP contribution is -2.04. The third-order valence-corrected chi connectivity index (χ3v) is 3.17. The third kappa shape index (κ3) is 3.83. The van der Waals surface area contributed by atoms with Gasteiger partial charge >= 0.3 is 0 Å². The molecule has 100 valence electrons. The van der Waals surface area contributed by atoms with Crippen LogP contribution < -0.4 is 4.74 Å². The summed E-state index contributed by atoms with van der Waals surface area (Å²) in [6.45, 7) is 7.09. The first-order valence-electron chi connectivity index (χ1n) is 6.49. The van der Waals surface area contributed by atoms with Crippen LogP contribution in [0.25, 0.3) is 0 Å². The first-order chi connectivity index (χ1) is 9.16. The highest BCUT2D eigenvalue weighted by Crippen LogP contribution is 2.23. The molecule has 0 spiro atoms. The monoisotopic (exact) mass is 256 g/mol. The van der Waals surface area contributed by atoms with E-state index in [2.05, 4.69) is 26.8 Å². The molecule has 2 nitrogen and oxygen atoms in total. The molecule has 0 saturated carbocycles. The number of aryl methyl sites for hydroxylation is 2. The lowest BCUT2D eigenvalue weighted by Gasteiger charge is -2.12. The SMILES string of the molecule is Cc1cc(C)c(C)c(OCOCc2ccccc2)c1. The van der Waals surface area contributed by atoms with E-state index in [1.807, 2.05) is 36.4 Å². The fraction of sp³-hybridized carbons (Fsp3) is 0.294. The summed E-state index contributed by atoms with van der Waals surface area (Å²) in [5, 5.41) is 0. The van der Waals surface area contributed by atoms with E-state index in [1.54, 1.807) is 0 Å². The summed E-state index contributed by atoms with van der Waals surface area (Å²) in [6, 6.07) is 14.3. The van der Waals surface area contributed by atoms with E-state index in [0.717, 1.165) is 11.3 Å². The normalized spacial score (nSPS) is 10.5. The topological polar surface area (TPSA) is 18.5 Å². The van der Waals surface area contributed by atoms with Gasteiger partial charge in [-0.15, -0.1) is 0 Å². The molecule has 0 saturated heterocycles. The number of ether oxygens (including phenoxy) is 2. The molecule has 0 atom stereocenters. The van der Waals surface area contributed by atoms with Gasteiger partial charge in [-0.1, -0.05) is 36.4 Å². The van der Waals surface area contributed by atoms with Crippen LogP contribution in [0.2, 0.25) is 0 Å². The van der Waals surface area contributed by atoms with Crippen molar-refractivity contribution in [1.29, 1.82) is 0 Å². The van der Waals surface area contributed by atoms with Crippen LogP contribution in [0.3, 0.4) is 0 Å². The highest BCUT2D eigenvalue weighted by Gasteiger charge is 2.03. The number of hydrogen-bond acceptors (Lipinski definition) is 2. The second-order valence-electron chi connectivity index (χ2n) is 4.80. The van der Waals surface area contributed by atoms with Crippen LogP contribution >= 0.6 is 0 Å². The van der Waals surface area contributed by atoms with Crippen molar-refractivity contribution in [3.8, 4) is 5.75 Å². The molecule has 0 aliphatic carbocycles. The van der Waals surface area contributed by atoms with Crippen LogP contribution in [-0.2, 0) is 11.3 Å². The van der Waals surface area contributed by atoms with Crippen LogP contribution in [0.15, 0.2) is 42.5 Å². The van der Waals surface area contributed by atoms with Gasteiger partial charge in [-0.05, 0) is 49.1 Å². The molecule has 0 bridgehead atoms. The summed E-state index contributed by atoms with van der Waals surface area (Å²) in [7, 11) is 0. The molecule has 0 aliphatic heterocycles. The Bertz CT molecular complexity index is 532. The molecule has 0 aliphatic rings. The first kappa shape index (κ1) is 13.6. The van der Waals surface area contributed by atoms with E-state index in [0.29, 0.717) is 6.61 Å². The molecule has 2 rings (SSSR count). The van der Waals surface area contributed by atoms with Gasteiger partial charge < -0.3 is 9.47 Å². The van der Waals surface area contributed by atoms with Crippen molar-refractivity contribution in [2.75, 3.05) is 6.79 Å². The van der Waals surface area contributed by atoms with E-state index in [1.165, 1.54) is 16.7 Å². The summed E-state index contributed by atoms with van der Waals surface area (Å²) in [6.07, 6.45) is 0. The number of rotatable bonds is 5. The third-order valence-electron chi connectivity index (χ3n) is 3.17. The van der Waals surface area contributed by atoms with Crippen molar-refractivity contribution < 1.29 is 9.47 Å². The Labute approximate surface area is 115 Å². The molecule has 0 unspecified atom stereocenters. The van der Waals surface area contributed by atoms with Crippen molar-refractivity contribution in [1.82, 2.24) is 0 Å². The highest BCUT2D eigenvalue weighted by molar-refractivity contribution is 5.41. The maximum Gasteiger partial charge on any atom is 0.189 e. The molecule has 0 N–H and O–H groups in total. The van der Waals surface area contributed by atoms with Gasteiger partial charge in [0.15, 0.2) is 6.79 Å². The zero-order chi connectivity index (χ0) is 13.7. The van der Waals surface area contributed by atoms with Gasteiger partial charge in [0.25, 0.3) is 0 Å². The number of hydrogen-bond donors (Lipinski definition) is 0. The van der Waals surface area contributed by atoms with Gasteiger partial charge in [0, 0.05) is 0 Å². The van der Waals surface area contributed by atoms with Crippen LogP contribution in [0, 0.1) is 20.8 Å². The largest absolute Gasteiger partial charge is 0.467 e. The van der Waals surface area contributed by atoms with Gasteiger partial charge in [-0.2, -0.15) is 0 Å². The quantitative estimate of drug-likeness (QED) is 0.590. The van der Waals surface area contributed by atoms with E-state index >= 15 is 0 Å². The van der Waals surface area contributed by atoms with E-state index in [4.69, 9.17) is 9.47 Å². The second-order valence-corrected chi connectivity index (χ2v) is 4.80. The summed E-state index contributed by atoms with van der Waals surface area (Å²) < 4.78 is 11.2. The highest BCUT2D eigenvalue weighted by atomic mass is 16.7. The Morgan fingerprint density at radius 2 is 1.68 bits per heavy atom. The van der Waals surface area contributed by atoms with Crippen molar-refractivity contribution in [2.45, 2.75) is 27.4 Å². The van der Waals surface area contributed by atoms with Gasteiger partial charge in [0.05, 0.1) is 6.61 Å². The average Bonchev–Trinajstić information content (AvgIpc) is 2.41. The molecule has 0 radical (unpaired) electrons. The minimum atomic E-state index is 0.276. The lowest BCUT2D eigenvalue weighted by molar-refractivity contribution is 0.00463. The Morgan fingerprint density at radius 1 is 0.947 bits per heavy atom. The Balaban J connectivity index is 1.86. The molecule has 2 aromatic rings. The van der Waals surface area contributed by atoms with Crippen molar-refractivity contribution in [2.24, 2.45) is 0 Å². The summed E-state index contributed by atoms with van der Waals surface area (Å²) in [5.41, 5.74) is 4.79. The average molecular weight is 256 g/mol. The lowest BCUT2D eigenvalue weighted by atomic mass is 10.1. The van der Waals surface area contributed by atoms with Gasteiger partial charge in [0.1, 0.15) is 5.75 Å². The van der Waals surface area contributed by atoms with E-state index in [-0.39, 0.29) is 6.79 Å². The van der Waals surface area contributed by atoms with Crippen molar-refractivity contribution >= 4 is 0 Å². The van der Waals surface area contributed by atoms with Gasteiger partial charge in [-0.3, -0.25) is 0 Å². The maximum atomic E-state index is 5.70. The number of benzene rings is 2. The molecular weight excluding hydrogens is 236 g/mol. The van der Waals surface area contributed by atoms with Crippen LogP contribution in [0.4, 0.5) is 0 Å². The Hall–Kier alpha value is -1.80. The van der Waals surface area contributed by atoms with Crippen LogP contribution in [0.5, 0.6) is 5.75 Å². The molecule has 0 aromatic heterocycles. The fourth-order valence-electron chi connectivity index (χ4n) is 1.99. The van der Waals surface area contributed by atoms with Crippen LogP contribution in [0.1, 0.15) is 22.3 Å². The first-order valence-corrected chi connectivity index (χ1v) is 6.49. The molecule has 2 aromatic carbocycles. The van der Waals surface area contributed by atoms with E-state index < -0.39 is 0 Å². The smallest absolute Gasteiger partial charge is 0.189 e. The molecule has 0 fully saturated rings. The summed E-state index contributed by atoms with van der Waals surface area (Å²) in [4.78, 5) is 0. The predicted octanol–water partition coefficient (Wildman–Crippen LogP) is 4.16. The fourth-order valence-corrected chi connectivity index (χ4v) is 1.99.